The lowest BCUT2D eigenvalue weighted by Gasteiger charge is -2.23. The number of aromatic nitrogens is 4. The Balaban J connectivity index is 1.97. The summed E-state index contributed by atoms with van der Waals surface area (Å²) in [6, 6.07) is 5.35. The third kappa shape index (κ3) is 6.04. The first-order valence-corrected chi connectivity index (χ1v) is 11.5. The first-order chi connectivity index (χ1) is 15.6. The van der Waals surface area contributed by atoms with Crippen molar-refractivity contribution in [3.63, 3.8) is 0 Å². The SMILES string of the molecule is CCC(CC)n1cnc2c(NCc3cc(OC)ccc3O)nc(NC(C)CC(C)(C)O)nc21. The van der Waals surface area contributed by atoms with Gasteiger partial charge in [-0.05, 0) is 58.2 Å². The van der Waals surface area contributed by atoms with Gasteiger partial charge in [-0.15, -0.1) is 0 Å². The second-order valence-electron chi connectivity index (χ2n) is 9.10. The lowest BCUT2D eigenvalue weighted by atomic mass is 10.0. The Morgan fingerprint density at radius 3 is 2.55 bits per heavy atom. The number of benzene rings is 1. The van der Waals surface area contributed by atoms with Gasteiger partial charge in [-0.1, -0.05) is 13.8 Å². The number of phenols is 1. The van der Waals surface area contributed by atoms with Gasteiger partial charge in [0, 0.05) is 24.2 Å². The first kappa shape index (κ1) is 24.6. The third-order valence-corrected chi connectivity index (χ3v) is 5.67. The molecule has 0 radical (unpaired) electrons. The molecule has 0 saturated carbocycles. The van der Waals surface area contributed by atoms with Crippen LogP contribution in [-0.2, 0) is 6.54 Å². The average molecular weight is 457 g/mol. The maximum absolute atomic E-state index is 10.3. The van der Waals surface area contributed by atoms with Crippen LogP contribution >= 0.6 is 0 Å². The number of aromatic hydroxyl groups is 1. The van der Waals surface area contributed by atoms with E-state index >= 15 is 0 Å². The molecule has 2 aromatic heterocycles. The maximum atomic E-state index is 10.3. The summed E-state index contributed by atoms with van der Waals surface area (Å²) in [6.45, 7) is 10.2. The van der Waals surface area contributed by atoms with Crippen molar-refractivity contribution in [1.29, 1.82) is 0 Å². The van der Waals surface area contributed by atoms with Crippen molar-refractivity contribution in [3.8, 4) is 11.5 Å². The third-order valence-electron chi connectivity index (χ3n) is 5.67. The molecule has 0 spiro atoms. The zero-order valence-electron chi connectivity index (χ0n) is 20.4. The van der Waals surface area contributed by atoms with Crippen LogP contribution < -0.4 is 15.4 Å². The molecule has 0 aliphatic heterocycles. The highest BCUT2D eigenvalue weighted by molar-refractivity contribution is 5.84. The molecule has 1 aromatic carbocycles. The molecule has 3 aromatic rings. The molecule has 3 rings (SSSR count). The Kier molecular flexibility index (Phi) is 7.63. The molecular formula is C24H36N6O3. The Bertz CT molecular complexity index is 1070. The fraction of sp³-hybridized carbons (Fsp3) is 0.542. The molecule has 0 amide bonds. The highest BCUT2D eigenvalue weighted by atomic mass is 16.5. The number of rotatable bonds is 11. The molecule has 9 heteroatoms. The molecule has 4 N–H and O–H groups in total. The van der Waals surface area contributed by atoms with Crippen LogP contribution in [0.15, 0.2) is 24.5 Å². The average Bonchev–Trinajstić information content (AvgIpc) is 3.16. The summed E-state index contributed by atoms with van der Waals surface area (Å²) in [6.07, 6.45) is 4.28. The van der Waals surface area contributed by atoms with E-state index in [1.165, 1.54) is 0 Å². The monoisotopic (exact) mass is 456 g/mol. The van der Waals surface area contributed by atoms with Gasteiger partial charge in [0.1, 0.15) is 11.5 Å². The van der Waals surface area contributed by atoms with Gasteiger partial charge in [0.05, 0.1) is 19.0 Å². The minimum Gasteiger partial charge on any atom is -0.508 e. The lowest BCUT2D eigenvalue weighted by Crippen LogP contribution is -2.29. The highest BCUT2D eigenvalue weighted by Gasteiger charge is 2.21. The van der Waals surface area contributed by atoms with Gasteiger partial charge in [-0.25, -0.2) is 4.98 Å². The Morgan fingerprint density at radius 2 is 1.91 bits per heavy atom. The smallest absolute Gasteiger partial charge is 0.226 e. The lowest BCUT2D eigenvalue weighted by molar-refractivity contribution is 0.0672. The molecular weight excluding hydrogens is 420 g/mol. The van der Waals surface area contributed by atoms with E-state index in [9.17, 15) is 10.2 Å². The van der Waals surface area contributed by atoms with Crippen LogP contribution in [0, 0.1) is 0 Å². The van der Waals surface area contributed by atoms with Crippen molar-refractivity contribution in [3.05, 3.63) is 30.1 Å². The van der Waals surface area contributed by atoms with Crippen LogP contribution in [0.1, 0.15) is 65.5 Å². The standard InChI is InChI=1S/C24H36N6O3/c1-7-17(8-2)30-14-26-20-21(25-13-16-11-18(33-6)9-10-19(16)31)28-23(29-22(20)30)27-15(3)12-24(4,5)32/h9-11,14-15,17,31-32H,7-8,12-13H2,1-6H3,(H2,25,27,28,29). The molecule has 0 aliphatic rings. The Morgan fingerprint density at radius 1 is 1.18 bits per heavy atom. The molecule has 9 nitrogen and oxygen atoms in total. The van der Waals surface area contributed by atoms with Gasteiger partial charge in [0.15, 0.2) is 17.0 Å². The van der Waals surface area contributed by atoms with E-state index < -0.39 is 5.60 Å². The van der Waals surface area contributed by atoms with Gasteiger partial charge in [-0.3, -0.25) is 0 Å². The molecule has 1 atom stereocenters. The van der Waals surface area contributed by atoms with Crippen LogP contribution in [0.3, 0.4) is 0 Å². The highest BCUT2D eigenvalue weighted by Crippen LogP contribution is 2.28. The van der Waals surface area contributed by atoms with Crippen molar-refractivity contribution in [2.24, 2.45) is 0 Å². The first-order valence-electron chi connectivity index (χ1n) is 11.5. The maximum Gasteiger partial charge on any atom is 0.226 e. The van der Waals surface area contributed by atoms with Crippen molar-refractivity contribution in [2.75, 3.05) is 17.7 Å². The number of ether oxygens (including phenoxy) is 1. The fourth-order valence-electron chi connectivity index (χ4n) is 4.08. The summed E-state index contributed by atoms with van der Waals surface area (Å²) in [5.74, 6) is 1.88. The normalized spacial score (nSPS) is 12.8. The molecule has 33 heavy (non-hydrogen) atoms. The summed E-state index contributed by atoms with van der Waals surface area (Å²) in [4.78, 5) is 14.1. The van der Waals surface area contributed by atoms with Crippen LogP contribution in [-0.4, -0.2) is 48.5 Å². The number of fused-ring (bicyclic) bond motifs is 1. The molecule has 2 heterocycles. The predicted octanol–water partition coefficient (Wildman–Crippen LogP) is 4.48. The molecule has 1 unspecified atom stereocenters. The van der Waals surface area contributed by atoms with Crippen molar-refractivity contribution in [2.45, 2.75) is 78.1 Å². The van der Waals surface area contributed by atoms with Crippen LogP contribution in [0.2, 0.25) is 0 Å². The summed E-state index contributed by atoms with van der Waals surface area (Å²) >= 11 is 0. The van der Waals surface area contributed by atoms with Crippen molar-refractivity contribution >= 4 is 22.9 Å². The Labute approximate surface area is 195 Å². The van der Waals surface area contributed by atoms with E-state index in [-0.39, 0.29) is 17.8 Å². The minimum absolute atomic E-state index is 0.0396. The number of nitrogens with zero attached hydrogens (tertiary/aromatic N) is 4. The number of anilines is 2. The van der Waals surface area contributed by atoms with Gasteiger partial charge in [-0.2, -0.15) is 9.97 Å². The number of methoxy groups -OCH3 is 1. The zero-order valence-corrected chi connectivity index (χ0v) is 20.4. The number of hydrogen-bond acceptors (Lipinski definition) is 8. The molecule has 0 fully saturated rings. The van der Waals surface area contributed by atoms with E-state index in [0.29, 0.717) is 41.6 Å². The largest absolute Gasteiger partial charge is 0.508 e. The van der Waals surface area contributed by atoms with Gasteiger partial charge < -0.3 is 30.2 Å². The van der Waals surface area contributed by atoms with E-state index in [1.807, 2.05) is 13.3 Å². The van der Waals surface area contributed by atoms with E-state index in [4.69, 9.17) is 9.72 Å². The van der Waals surface area contributed by atoms with Crippen LogP contribution in [0.25, 0.3) is 11.2 Å². The quantitative estimate of drug-likeness (QED) is 0.334. The number of phenolic OH excluding ortho intramolecular Hbond substituents is 1. The zero-order chi connectivity index (χ0) is 24.2. The summed E-state index contributed by atoms with van der Waals surface area (Å²) in [5, 5.41) is 27.1. The predicted molar refractivity (Wildman–Crippen MR) is 131 cm³/mol. The molecule has 180 valence electrons. The van der Waals surface area contributed by atoms with Gasteiger partial charge in [0.2, 0.25) is 5.95 Å². The van der Waals surface area contributed by atoms with Gasteiger partial charge in [0.25, 0.3) is 0 Å². The van der Waals surface area contributed by atoms with E-state index in [1.54, 1.807) is 39.2 Å². The number of imidazole rings is 1. The summed E-state index contributed by atoms with van der Waals surface area (Å²) < 4.78 is 7.37. The number of aliphatic hydroxyl groups is 1. The van der Waals surface area contributed by atoms with Gasteiger partial charge >= 0.3 is 0 Å². The summed E-state index contributed by atoms with van der Waals surface area (Å²) in [5.41, 5.74) is 1.29. The number of nitrogens with one attached hydrogen (secondary N) is 2. The van der Waals surface area contributed by atoms with Crippen molar-refractivity contribution < 1.29 is 14.9 Å². The summed E-state index contributed by atoms with van der Waals surface area (Å²) in [7, 11) is 1.59. The Hall–Kier alpha value is -3.07. The minimum atomic E-state index is -0.807. The van der Waals surface area contributed by atoms with Crippen LogP contribution in [0.4, 0.5) is 11.8 Å². The molecule has 0 aliphatic carbocycles. The number of hydrogen-bond donors (Lipinski definition) is 4. The molecule has 0 saturated heterocycles. The van der Waals surface area contributed by atoms with E-state index in [2.05, 4.69) is 39.0 Å². The van der Waals surface area contributed by atoms with Crippen molar-refractivity contribution in [1.82, 2.24) is 19.5 Å². The second-order valence-corrected chi connectivity index (χ2v) is 9.10. The molecule has 0 bridgehead atoms. The van der Waals surface area contributed by atoms with Crippen LogP contribution in [0.5, 0.6) is 11.5 Å². The van der Waals surface area contributed by atoms with E-state index in [0.717, 1.165) is 18.5 Å². The second kappa shape index (κ2) is 10.2. The topological polar surface area (TPSA) is 117 Å². The fourth-order valence-corrected chi connectivity index (χ4v) is 4.08.